The molecule has 0 bridgehead atoms. The standard InChI is InChI=1S/C23H22N2O4S/c1-17-12-14-19(16-21(17)25-30(27,28)20-9-4-3-5-10-20)24-23(26)15-13-18-8-6-7-11-22(18)29-2/h3-16,25H,1-2H3,(H,24,26). The summed E-state index contributed by atoms with van der Waals surface area (Å²) in [7, 11) is -2.16. The van der Waals surface area contributed by atoms with Crippen LogP contribution in [0.25, 0.3) is 6.08 Å². The summed E-state index contributed by atoms with van der Waals surface area (Å²) < 4.78 is 33.0. The second-order valence-corrected chi connectivity index (χ2v) is 8.20. The molecule has 30 heavy (non-hydrogen) atoms. The molecule has 0 aliphatic rings. The normalized spacial score (nSPS) is 11.3. The SMILES string of the molecule is COc1ccccc1C=CC(=O)Nc1ccc(C)c(NS(=O)(=O)c2ccccc2)c1. The predicted octanol–water partition coefficient (Wildman–Crippen LogP) is 4.46. The molecule has 0 saturated heterocycles. The molecule has 0 aromatic heterocycles. The van der Waals surface area contributed by atoms with Crippen LogP contribution in [0, 0.1) is 6.92 Å². The number of methoxy groups -OCH3 is 1. The Balaban J connectivity index is 1.75. The van der Waals surface area contributed by atoms with Gasteiger partial charge in [-0.3, -0.25) is 9.52 Å². The first kappa shape index (κ1) is 21.1. The number of carbonyl (C=O) groups excluding carboxylic acids is 1. The van der Waals surface area contributed by atoms with Gasteiger partial charge in [0.25, 0.3) is 10.0 Å². The molecular weight excluding hydrogens is 400 g/mol. The van der Waals surface area contributed by atoms with Gasteiger partial charge in [0.15, 0.2) is 0 Å². The van der Waals surface area contributed by atoms with E-state index in [4.69, 9.17) is 4.74 Å². The molecule has 0 aliphatic carbocycles. The number of ether oxygens (including phenoxy) is 1. The third-order valence-corrected chi connectivity index (χ3v) is 5.74. The summed E-state index contributed by atoms with van der Waals surface area (Å²) in [6.45, 7) is 1.79. The Morgan fingerprint density at radius 2 is 1.67 bits per heavy atom. The lowest BCUT2D eigenvalue weighted by atomic mass is 10.1. The van der Waals surface area contributed by atoms with Crippen molar-refractivity contribution < 1.29 is 17.9 Å². The zero-order chi connectivity index (χ0) is 21.6. The molecule has 6 nitrogen and oxygen atoms in total. The lowest BCUT2D eigenvalue weighted by molar-refractivity contribution is -0.111. The number of aryl methyl sites for hydroxylation is 1. The van der Waals surface area contributed by atoms with Crippen LogP contribution in [0.2, 0.25) is 0 Å². The fourth-order valence-electron chi connectivity index (χ4n) is 2.77. The zero-order valence-electron chi connectivity index (χ0n) is 16.6. The second kappa shape index (κ2) is 9.28. The maximum absolute atomic E-state index is 12.6. The van der Waals surface area contributed by atoms with Crippen molar-refractivity contribution in [1.29, 1.82) is 0 Å². The number of sulfonamides is 1. The Morgan fingerprint density at radius 1 is 0.967 bits per heavy atom. The summed E-state index contributed by atoms with van der Waals surface area (Å²) in [5.41, 5.74) is 2.37. The molecule has 0 heterocycles. The van der Waals surface area contributed by atoms with Gasteiger partial charge in [0.1, 0.15) is 5.75 Å². The molecule has 7 heteroatoms. The van der Waals surface area contributed by atoms with E-state index in [1.54, 1.807) is 56.5 Å². The predicted molar refractivity (Wildman–Crippen MR) is 119 cm³/mol. The molecule has 0 saturated carbocycles. The van der Waals surface area contributed by atoms with Crippen LogP contribution in [-0.4, -0.2) is 21.4 Å². The van der Waals surface area contributed by atoms with E-state index < -0.39 is 10.0 Å². The third kappa shape index (κ3) is 5.27. The number of hydrogen-bond acceptors (Lipinski definition) is 4. The van der Waals surface area contributed by atoms with Crippen molar-refractivity contribution in [2.45, 2.75) is 11.8 Å². The Labute approximate surface area is 176 Å². The molecule has 3 rings (SSSR count). The Kier molecular flexibility index (Phi) is 6.54. The van der Waals surface area contributed by atoms with Crippen LogP contribution in [0.5, 0.6) is 5.75 Å². The van der Waals surface area contributed by atoms with Gasteiger partial charge in [-0.15, -0.1) is 0 Å². The van der Waals surface area contributed by atoms with Gasteiger partial charge >= 0.3 is 0 Å². The molecule has 3 aromatic carbocycles. The number of hydrogen-bond donors (Lipinski definition) is 2. The molecule has 0 radical (unpaired) electrons. The number of para-hydroxylation sites is 1. The lowest BCUT2D eigenvalue weighted by Gasteiger charge is -2.12. The number of rotatable bonds is 7. The quantitative estimate of drug-likeness (QED) is 0.551. The molecule has 0 spiro atoms. The summed E-state index contributed by atoms with van der Waals surface area (Å²) in [5, 5.41) is 2.74. The molecule has 0 aliphatic heterocycles. The van der Waals surface area contributed by atoms with E-state index in [2.05, 4.69) is 10.0 Å². The van der Waals surface area contributed by atoms with E-state index in [9.17, 15) is 13.2 Å². The summed E-state index contributed by atoms with van der Waals surface area (Å²) in [6.07, 6.45) is 3.05. The summed E-state index contributed by atoms with van der Waals surface area (Å²) in [4.78, 5) is 12.5. The monoisotopic (exact) mass is 422 g/mol. The molecule has 3 aromatic rings. The minimum atomic E-state index is -3.73. The van der Waals surface area contributed by atoms with E-state index in [1.807, 2.05) is 24.3 Å². The molecule has 154 valence electrons. The fourth-order valence-corrected chi connectivity index (χ4v) is 3.91. The zero-order valence-corrected chi connectivity index (χ0v) is 17.4. The van der Waals surface area contributed by atoms with Gasteiger partial charge in [-0.1, -0.05) is 42.5 Å². The lowest BCUT2D eigenvalue weighted by Crippen LogP contribution is -2.14. The highest BCUT2D eigenvalue weighted by Gasteiger charge is 2.15. The van der Waals surface area contributed by atoms with Crippen LogP contribution >= 0.6 is 0 Å². The van der Waals surface area contributed by atoms with Crippen LogP contribution in [0.3, 0.4) is 0 Å². The first-order valence-electron chi connectivity index (χ1n) is 9.19. The highest BCUT2D eigenvalue weighted by molar-refractivity contribution is 7.92. The summed E-state index contributed by atoms with van der Waals surface area (Å²) >= 11 is 0. The topological polar surface area (TPSA) is 84.5 Å². The number of anilines is 2. The van der Waals surface area contributed by atoms with Gasteiger partial charge < -0.3 is 10.1 Å². The number of nitrogens with one attached hydrogen (secondary N) is 2. The smallest absolute Gasteiger partial charge is 0.261 e. The fraction of sp³-hybridized carbons (Fsp3) is 0.0870. The highest BCUT2D eigenvalue weighted by atomic mass is 32.2. The molecular formula is C23H22N2O4S. The van der Waals surface area contributed by atoms with Crippen molar-refractivity contribution >= 4 is 33.4 Å². The molecule has 1 amide bonds. The van der Waals surface area contributed by atoms with Crippen molar-refractivity contribution in [1.82, 2.24) is 0 Å². The van der Waals surface area contributed by atoms with E-state index >= 15 is 0 Å². The van der Waals surface area contributed by atoms with Crippen molar-refractivity contribution in [2.75, 3.05) is 17.1 Å². The molecule has 0 unspecified atom stereocenters. The van der Waals surface area contributed by atoms with Crippen molar-refractivity contribution in [3.05, 3.63) is 90.0 Å². The second-order valence-electron chi connectivity index (χ2n) is 6.51. The van der Waals surface area contributed by atoms with Gasteiger partial charge in [0.2, 0.25) is 5.91 Å². The number of amides is 1. The van der Waals surface area contributed by atoms with Crippen molar-refractivity contribution in [3.63, 3.8) is 0 Å². The summed E-state index contributed by atoms with van der Waals surface area (Å²) in [6, 6.07) is 20.5. The number of benzene rings is 3. The summed E-state index contributed by atoms with van der Waals surface area (Å²) in [5.74, 6) is 0.316. The Bertz CT molecular complexity index is 1170. The van der Waals surface area contributed by atoms with Crippen LogP contribution < -0.4 is 14.8 Å². The first-order valence-corrected chi connectivity index (χ1v) is 10.7. The van der Waals surface area contributed by atoms with Crippen molar-refractivity contribution in [2.24, 2.45) is 0 Å². The van der Waals surface area contributed by atoms with Crippen LogP contribution in [0.15, 0.2) is 83.8 Å². The molecule has 0 atom stereocenters. The third-order valence-electron chi connectivity index (χ3n) is 4.36. The number of carbonyl (C=O) groups is 1. The van der Waals surface area contributed by atoms with Crippen LogP contribution in [-0.2, 0) is 14.8 Å². The van der Waals surface area contributed by atoms with Gasteiger partial charge in [-0.2, -0.15) is 0 Å². The largest absolute Gasteiger partial charge is 0.496 e. The first-order chi connectivity index (χ1) is 14.4. The van der Waals surface area contributed by atoms with Gasteiger partial charge in [-0.05, 0) is 48.9 Å². The van der Waals surface area contributed by atoms with Gasteiger partial charge in [-0.25, -0.2) is 8.42 Å². The minimum Gasteiger partial charge on any atom is -0.496 e. The maximum Gasteiger partial charge on any atom is 0.261 e. The average molecular weight is 423 g/mol. The Hall–Kier alpha value is -3.58. The van der Waals surface area contributed by atoms with Gasteiger partial charge in [0.05, 0.1) is 17.7 Å². The molecule has 2 N–H and O–H groups in total. The Morgan fingerprint density at radius 3 is 2.40 bits per heavy atom. The average Bonchev–Trinajstić information content (AvgIpc) is 2.75. The maximum atomic E-state index is 12.6. The highest BCUT2D eigenvalue weighted by Crippen LogP contribution is 2.24. The van der Waals surface area contributed by atoms with E-state index in [0.29, 0.717) is 17.1 Å². The van der Waals surface area contributed by atoms with Crippen LogP contribution in [0.1, 0.15) is 11.1 Å². The van der Waals surface area contributed by atoms with Gasteiger partial charge in [0, 0.05) is 17.3 Å². The van der Waals surface area contributed by atoms with Crippen molar-refractivity contribution in [3.8, 4) is 5.75 Å². The van der Waals surface area contributed by atoms with Crippen LogP contribution in [0.4, 0.5) is 11.4 Å². The van der Waals surface area contributed by atoms with E-state index in [1.165, 1.54) is 18.2 Å². The van der Waals surface area contributed by atoms with E-state index in [-0.39, 0.29) is 10.8 Å². The molecule has 0 fully saturated rings. The van der Waals surface area contributed by atoms with E-state index in [0.717, 1.165) is 11.1 Å². The minimum absolute atomic E-state index is 0.165.